The predicted molar refractivity (Wildman–Crippen MR) is 102 cm³/mol. The van der Waals surface area contributed by atoms with Crippen molar-refractivity contribution >= 4 is 41.8 Å². The van der Waals surface area contributed by atoms with Crippen LogP contribution in [0.2, 0.25) is 0 Å². The molecule has 0 aromatic carbocycles. The van der Waals surface area contributed by atoms with E-state index in [9.17, 15) is 9.59 Å². The van der Waals surface area contributed by atoms with Gasteiger partial charge in [0.15, 0.2) is 11.4 Å². The van der Waals surface area contributed by atoms with Crippen LogP contribution in [-0.4, -0.2) is 40.6 Å². The van der Waals surface area contributed by atoms with E-state index in [0.717, 1.165) is 4.31 Å². The molecule has 9 nitrogen and oxygen atoms in total. The van der Waals surface area contributed by atoms with Crippen LogP contribution in [0.3, 0.4) is 0 Å². The van der Waals surface area contributed by atoms with E-state index in [1.807, 2.05) is 0 Å². The van der Waals surface area contributed by atoms with Gasteiger partial charge in [-0.2, -0.15) is 0 Å². The number of hydrogen-bond acceptors (Lipinski definition) is 8. The van der Waals surface area contributed by atoms with Crippen molar-refractivity contribution in [2.45, 2.75) is 13.8 Å². The van der Waals surface area contributed by atoms with Crippen LogP contribution in [0.5, 0.6) is 0 Å². The number of anilines is 1. The highest BCUT2D eigenvalue weighted by atomic mass is 32.1. The monoisotopic (exact) mass is 387 g/mol. The van der Waals surface area contributed by atoms with Crippen LogP contribution in [0, 0.1) is 6.92 Å². The van der Waals surface area contributed by atoms with Crippen LogP contribution in [0.25, 0.3) is 22.6 Å². The number of aryl methyl sites for hydroxylation is 1. The number of furan rings is 1. The smallest absolute Gasteiger partial charge is 0.341 e. The number of ether oxygens (including phenoxy) is 1. The lowest BCUT2D eigenvalue weighted by Gasteiger charge is -2.14. The zero-order chi connectivity index (χ0) is 19.6. The summed E-state index contributed by atoms with van der Waals surface area (Å²) in [5.41, 5.74) is 1.56. The van der Waals surface area contributed by atoms with Gasteiger partial charge < -0.3 is 14.5 Å². The molecule has 0 saturated heterocycles. The first-order valence-electron chi connectivity index (χ1n) is 8.04. The Kier molecular flexibility index (Phi) is 5.26. The van der Waals surface area contributed by atoms with Gasteiger partial charge in [-0.25, -0.2) is 23.9 Å². The lowest BCUT2D eigenvalue weighted by molar-refractivity contribution is 0.0598. The molecule has 10 heteroatoms. The predicted octanol–water partition coefficient (Wildman–Crippen LogP) is 2.76. The molecule has 3 rings (SSSR count). The molecular formula is C17H17N5O4S. The van der Waals surface area contributed by atoms with Gasteiger partial charge in [0.25, 0.3) is 0 Å². The molecule has 0 aliphatic heterocycles. The van der Waals surface area contributed by atoms with E-state index in [1.54, 1.807) is 32.0 Å². The quantitative estimate of drug-likeness (QED) is 0.523. The number of carbonyl (C=O) groups excluding carboxylic acids is 2. The summed E-state index contributed by atoms with van der Waals surface area (Å²) in [6.45, 7) is 3.93. The minimum Gasteiger partial charge on any atom is -0.465 e. The maximum Gasteiger partial charge on any atom is 0.341 e. The Morgan fingerprint density at radius 1 is 1.33 bits per heavy atom. The van der Waals surface area contributed by atoms with Crippen LogP contribution in [0.4, 0.5) is 10.6 Å². The van der Waals surface area contributed by atoms with Crippen LogP contribution in [0.15, 0.2) is 28.8 Å². The van der Waals surface area contributed by atoms with Crippen molar-refractivity contribution in [2.24, 2.45) is 0 Å². The fraction of sp³-hybridized carbons (Fsp3) is 0.235. The number of hydrogen-bond donors (Lipinski definition) is 2. The average Bonchev–Trinajstić information content (AvgIpc) is 3.07. The second kappa shape index (κ2) is 7.62. The van der Waals surface area contributed by atoms with E-state index in [-0.39, 0.29) is 0 Å². The Labute approximate surface area is 160 Å². The first kappa shape index (κ1) is 18.6. The summed E-state index contributed by atoms with van der Waals surface area (Å²) >= 11 is 4.16. The number of nitrogens with zero attached hydrogens (tertiary/aromatic N) is 4. The maximum atomic E-state index is 11.9. The van der Waals surface area contributed by atoms with Gasteiger partial charge in [0, 0.05) is 12.6 Å². The molecule has 0 fully saturated rings. The first-order valence-corrected chi connectivity index (χ1v) is 8.44. The molecule has 0 bridgehead atoms. The van der Waals surface area contributed by atoms with Crippen molar-refractivity contribution < 1.29 is 18.7 Å². The number of thiol groups is 1. The van der Waals surface area contributed by atoms with Gasteiger partial charge in [-0.3, -0.25) is 4.98 Å². The average molecular weight is 387 g/mol. The minimum atomic E-state index is -0.496. The summed E-state index contributed by atoms with van der Waals surface area (Å²) in [5, 5.41) is 2.63. The van der Waals surface area contributed by atoms with E-state index in [0.29, 0.717) is 46.3 Å². The Bertz CT molecular complexity index is 1020. The number of methoxy groups -OCH3 is 1. The molecule has 0 spiro atoms. The van der Waals surface area contributed by atoms with Gasteiger partial charge in [0.05, 0.1) is 13.3 Å². The number of esters is 1. The molecule has 0 radical (unpaired) electrons. The zero-order valence-corrected chi connectivity index (χ0v) is 15.8. The third kappa shape index (κ3) is 3.70. The third-order valence-electron chi connectivity index (χ3n) is 3.71. The summed E-state index contributed by atoms with van der Waals surface area (Å²) in [6.07, 6.45) is 1.52. The molecule has 3 aromatic rings. The fourth-order valence-corrected chi connectivity index (χ4v) is 2.56. The number of nitrogens with one attached hydrogen (secondary N) is 1. The van der Waals surface area contributed by atoms with E-state index >= 15 is 0 Å². The molecule has 2 amide bonds. The van der Waals surface area contributed by atoms with Gasteiger partial charge >= 0.3 is 12.0 Å². The van der Waals surface area contributed by atoms with E-state index in [1.165, 1.54) is 13.3 Å². The maximum absolute atomic E-state index is 11.9. The summed E-state index contributed by atoms with van der Waals surface area (Å²) < 4.78 is 11.4. The molecule has 0 aliphatic rings. The molecule has 27 heavy (non-hydrogen) atoms. The molecule has 3 heterocycles. The standard InChI is InChI=1S/C17H17N5O4S/c1-4-18-17(24)22(27)14-6-5-11-15(21-14)20-12(8-19-11)13-7-10(9(2)26-13)16(23)25-3/h5-8,27H,4H2,1-3H3,(H,18,24). The van der Waals surface area contributed by atoms with Gasteiger partial charge in [-0.15, -0.1) is 0 Å². The van der Waals surface area contributed by atoms with Crippen LogP contribution in [-0.2, 0) is 4.74 Å². The highest BCUT2D eigenvalue weighted by molar-refractivity contribution is 7.82. The van der Waals surface area contributed by atoms with Gasteiger partial charge in [0.2, 0.25) is 0 Å². The molecule has 0 unspecified atom stereocenters. The van der Waals surface area contributed by atoms with Crippen molar-refractivity contribution in [3.8, 4) is 11.5 Å². The fourth-order valence-electron chi connectivity index (χ4n) is 2.38. The molecule has 0 aliphatic carbocycles. The van der Waals surface area contributed by atoms with Gasteiger partial charge in [-0.05, 0) is 26.0 Å². The number of urea groups is 1. The van der Waals surface area contributed by atoms with Crippen LogP contribution >= 0.6 is 12.8 Å². The van der Waals surface area contributed by atoms with E-state index < -0.39 is 12.0 Å². The number of rotatable bonds is 4. The first-order chi connectivity index (χ1) is 12.9. The van der Waals surface area contributed by atoms with Crippen molar-refractivity contribution in [2.75, 3.05) is 18.0 Å². The highest BCUT2D eigenvalue weighted by Crippen LogP contribution is 2.26. The number of amides is 2. The lowest BCUT2D eigenvalue weighted by Crippen LogP contribution is -2.34. The molecule has 0 atom stereocenters. The van der Waals surface area contributed by atoms with Gasteiger partial charge in [0.1, 0.15) is 28.4 Å². The Balaban J connectivity index is 1.99. The SMILES string of the molecule is CCNC(=O)N(S)c1ccc2ncc(-c3cc(C(=O)OC)c(C)o3)nc2n1. The minimum absolute atomic E-state index is 0.300. The molecule has 140 valence electrons. The summed E-state index contributed by atoms with van der Waals surface area (Å²) in [6, 6.07) is 4.44. The van der Waals surface area contributed by atoms with E-state index in [2.05, 4.69) is 33.1 Å². The second-order valence-corrected chi connectivity index (χ2v) is 5.89. The topological polar surface area (TPSA) is 110 Å². The number of fused-ring (bicyclic) bond motifs is 1. The van der Waals surface area contributed by atoms with Crippen LogP contribution in [0.1, 0.15) is 23.0 Å². The third-order valence-corrected chi connectivity index (χ3v) is 4.09. The normalized spacial score (nSPS) is 10.7. The zero-order valence-electron chi connectivity index (χ0n) is 14.9. The highest BCUT2D eigenvalue weighted by Gasteiger charge is 2.18. The van der Waals surface area contributed by atoms with Crippen molar-refractivity contribution in [1.82, 2.24) is 20.3 Å². The summed E-state index contributed by atoms with van der Waals surface area (Å²) in [4.78, 5) is 36.7. The Morgan fingerprint density at radius 2 is 2.11 bits per heavy atom. The van der Waals surface area contributed by atoms with Crippen molar-refractivity contribution in [1.29, 1.82) is 0 Å². The van der Waals surface area contributed by atoms with Crippen molar-refractivity contribution in [3.63, 3.8) is 0 Å². The summed E-state index contributed by atoms with van der Waals surface area (Å²) in [7, 11) is 1.30. The lowest BCUT2D eigenvalue weighted by atomic mass is 10.2. The number of aromatic nitrogens is 3. The molecule has 0 saturated carbocycles. The van der Waals surface area contributed by atoms with Crippen molar-refractivity contribution in [3.05, 3.63) is 35.7 Å². The Hall–Kier alpha value is -3.14. The molecule has 1 N–H and O–H groups in total. The Morgan fingerprint density at radius 3 is 2.81 bits per heavy atom. The number of pyridine rings is 1. The number of carbonyl (C=O) groups is 2. The van der Waals surface area contributed by atoms with E-state index in [4.69, 9.17) is 9.15 Å². The van der Waals surface area contributed by atoms with Gasteiger partial charge in [-0.1, -0.05) is 12.8 Å². The molecule has 3 aromatic heterocycles. The molecular weight excluding hydrogens is 370 g/mol. The van der Waals surface area contributed by atoms with Crippen LogP contribution < -0.4 is 9.62 Å². The second-order valence-electron chi connectivity index (χ2n) is 5.49. The largest absolute Gasteiger partial charge is 0.465 e. The summed E-state index contributed by atoms with van der Waals surface area (Å²) in [5.74, 6) is 0.581.